The molecule has 2 aromatic carbocycles. The second-order valence-corrected chi connectivity index (χ2v) is 6.04. The molecule has 0 radical (unpaired) electrons. The maximum Gasteiger partial charge on any atom is 0.316 e. The van der Waals surface area contributed by atoms with Gasteiger partial charge in [-0.2, -0.15) is 0 Å². The molecule has 1 unspecified atom stereocenters. The molecule has 0 saturated carbocycles. The molecule has 1 saturated heterocycles. The molecule has 0 aliphatic carbocycles. The van der Waals surface area contributed by atoms with E-state index in [1.54, 1.807) is 48.4 Å². The molecular weight excluding hydrogens is 338 g/mol. The number of rotatable bonds is 4. The summed E-state index contributed by atoms with van der Waals surface area (Å²) in [7, 11) is 1.57. The molecule has 26 heavy (non-hydrogen) atoms. The fraction of sp³-hybridized carbons (Fsp3) is 0.263. The van der Waals surface area contributed by atoms with Gasteiger partial charge in [0.15, 0.2) is 11.5 Å². The summed E-state index contributed by atoms with van der Waals surface area (Å²) in [5.41, 5.74) is 0.702. The summed E-state index contributed by atoms with van der Waals surface area (Å²) in [6.07, 6.45) is 0.112. The van der Waals surface area contributed by atoms with Crippen LogP contribution in [0.1, 0.15) is 6.42 Å². The Hall–Kier alpha value is -3.22. The second kappa shape index (κ2) is 6.59. The summed E-state index contributed by atoms with van der Waals surface area (Å²) >= 11 is 0. The van der Waals surface area contributed by atoms with Gasteiger partial charge in [0.25, 0.3) is 0 Å². The van der Waals surface area contributed by atoms with Crippen LogP contribution in [0.25, 0.3) is 0 Å². The second-order valence-electron chi connectivity index (χ2n) is 6.04. The third-order valence-electron chi connectivity index (χ3n) is 4.39. The summed E-state index contributed by atoms with van der Waals surface area (Å²) < 4.78 is 21.1. The van der Waals surface area contributed by atoms with Crippen molar-refractivity contribution in [2.75, 3.05) is 25.3 Å². The number of carbonyl (C=O) groups is 2. The van der Waals surface area contributed by atoms with E-state index >= 15 is 0 Å². The predicted molar refractivity (Wildman–Crippen MR) is 91.7 cm³/mol. The molecule has 2 heterocycles. The van der Waals surface area contributed by atoms with Gasteiger partial charge in [0, 0.05) is 30.8 Å². The number of carbonyl (C=O) groups excluding carboxylic acids is 2. The molecule has 1 amide bonds. The predicted octanol–water partition coefficient (Wildman–Crippen LogP) is 2.38. The molecular formula is C19H17NO6. The van der Waals surface area contributed by atoms with Crippen LogP contribution >= 0.6 is 0 Å². The molecule has 2 aliphatic heterocycles. The Morgan fingerprint density at radius 3 is 2.81 bits per heavy atom. The van der Waals surface area contributed by atoms with E-state index < -0.39 is 11.9 Å². The van der Waals surface area contributed by atoms with Crippen molar-refractivity contribution in [3.63, 3.8) is 0 Å². The Morgan fingerprint density at radius 2 is 1.96 bits per heavy atom. The normalized spacial score (nSPS) is 18.1. The lowest BCUT2D eigenvalue weighted by Gasteiger charge is -2.17. The topological polar surface area (TPSA) is 74.3 Å². The zero-order valence-corrected chi connectivity index (χ0v) is 14.1. The van der Waals surface area contributed by atoms with E-state index in [-0.39, 0.29) is 25.7 Å². The molecule has 2 aliphatic rings. The first-order valence-electron chi connectivity index (χ1n) is 8.20. The third-order valence-corrected chi connectivity index (χ3v) is 4.39. The van der Waals surface area contributed by atoms with Gasteiger partial charge in [0.1, 0.15) is 11.5 Å². The number of ether oxygens (including phenoxy) is 4. The van der Waals surface area contributed by atoms with Gasteiger partial charge in [0.2, 0.25) is 12.7 Å². The van der Waals surface area contributed by atoms with Crippen LogP contribution < -0.4 is 23.8 Å². The largest absolute Gasteiger partial charge is 0.497 e. The van der Waals surface area contributed by atoms with Crippen LogP contribution in [0.3, 0.4) is 0 Å². The Balaban J connectivity index is 1.45. The number of nitrogens with zero attached hydrogens (tertiary/aromatic N) is 1. The summed E-state index contributed by atoms with van der Waals surface area (Å²) in [5.74, 6) is 1.08. The molecule has 7 heteroatoms. The molecule has 0 spiro atoms. The monoisotopic (exact) mass is 355 g/mol. The van der Waals surface area contributed by atoms with Crippen molar-refractivity contribution < 1.29 is 28.5 Å². The van der Waals surface area contributed by atoms with E-state index in [1.165, 1.54) is 0 Å². The van der Waals surface area contributed by atoms with Crippen molar-refractivity contribution >= 4 is 17.6 Å². The standard InChI is InChI=1S/C19H17NO6/c1-23-14-4-2-3-13(8-14)20-10-12(7-18(20)21)19(22)26-15-5-6-16-17(9-15)25-11-24-16/h2-6,8-9,12H,7,10-11H2,1H3. The number of benzene rings is 2. The third kappa shape index (κ3) is 3.03. The lowest BCUT2D eigenvalue weighted by Crippen LogP contribution is -2.27. The zero-order valence-electron chi connectivity index (χ0n) is 14.1. The van der Waals surface area contributed by atoms with Crippen LogP contribution in [0.15, 0.2) is 42.5 Å². The van der Waals surface area contributed by atoms with E-state index in [1.807, 2.05) is 6.07 Å². The zero-order chi connectivity index (χ0) is 18.1. The van der Waals surface area contributed by atoms with Crippen molar-refractivity contribution in [3.05, 3.63) is 42.5 Å². The minimum absolute atomic E-state index is 0.112. The lowest BCUT2D eigenvalue weighted by atomic mass is 10.1. The van der Waals surface area contributed by atoms with Crippen LogP contribution in [0, 0.1) is 5.92 Å². The smallest absolute Gasteiger partial charge is 0.316 e. The Kier molecular flexibility index (Phi) is 4.12. The maximum absolute atomic E-state index is 12.5. The van der Waals surface area contributed by atoms with Crippen molar-refractivity contribution in [1.82, 2.24) is 0 Å². The molecule has 0 aromatic heterocycles. The van der Waals surface area contributed by atoms with Crippen LogP contribution in [0.2, 0.25) is 0 Å². The Morgan fingerprint density at radius 1 is 1.12 bits per heavy atom. The summed E-state index contributed by atoms with van der Waals surface area (Å²) in [6.45, 7) is 0.425. The van der Waals surface area contributed by atoms with Gasteiger partial charge in [0.05, 0.1) is 13.0 Å². The Labute approximate surface area is 150 Å². The van der Waals surface area contributed by atoms with Crippen molar-refractivity contribution in [2.45, 2.75) is 6.42 Å². The number of hydrogen-bond donors (Lipinski definition) is 0. The number of hydrogen-bond acceptors (Lipinski definition) is 6. The van der Waals surface area contributed by atoms with Gasteiger partial charge in [-0.15, -0.1) is 0 Å². The minimum atomic E-state index is -0.529. The molecule has 7 nitrogen and oxygen atoms in total. The van der Waals surface area contributed by atoms with E-state index in [9.17, 15) is 9.59 Å². The van der Waals surface area contributed by atoms with Gasteiger partial charge < -0.3 is 23.8 Å². The van der Waals surface area contributed by atoms with Crippen LogP contribution in [-0.2, 0) is 9.59 Å². The number of anilines is 1. The number of amides is 1. The van der Waals surface area contributed by atoms with Gasteiger partial charge >= 0.3 is 5.97 Å². The van der Waals surface area contributed by atoms with E-state index in [4.69, 9.17) is 18.9 Å². The fourth-order valence-electron chi connectivity index (χ4n) is 3.03. The van der Waals surface area contributed by atoms with E-state index in [2.05, 4.69) is 0 Å². The molecule has 1 fully saturated rings. The first-order chi connectivity index (χ1) is 12.6. The first-order valence-corrected chi connectivity index (χ1v) is 8.20. The Bertz CT molecular complexity index is 865. The van der Waals surface area contributed by atoms with Crippen molar-refractivity contribution in [2.24, 2.45) is 5.92 Å². The maximum atomic E-state index is 12.5. The highest BCUT2D eigenvalue weighted by Gasteiger charge is 2.36. The number of esters is 1. The summed E-state index contributed by atoms with van der Waals surface area (Å²) in [5, 5.41) is 0. The minimum Gasteiger partial charge on any atom is -0.497 e. The summed E-state index contributed by atoms with van der Waals surface area (Å²) in [4.78, 5) is 26.4. The molecule has 0 N–H and O–H groups in total. The van der Waals surface area contributed by atoms with Gasteiger partial charge in [-0.25, -0.2) is 0 Å². The van der Waals surface area contributed by atoms with Gasteiger partial charge in [-0.1, -0.05) is 6.07 Å². The van der Waals surface area contributed by atoms with E-state index in [0.717, 1.165) is 0 Å². The summed E-state index contributed by atoms with van der Waals surface area (Å²) in [6, 6.07) is 12.1. The molecule has 0 bridgehead atoms. The highest BCUT2D eigenvalue weighted by Crippen LogP contribution is 2.36. The average molecular weight is 355 g/mol. The van der Waals surface area contributed by atoms with Crippen LogP contribution in [-0.4, -0.2) is 32.3 Å². The van der Waals surface area contributed by atoms with Crippen LogP contribution in [0.4, 0.5) is 5.69 Å². The van der Waals surface area contributed by atoms with Crippen LogP contribution in [0.5, 0.6) is 23.0 Å². The highest BCUT2D eigenvalue weighted by atomic mass is 16.7. The average Bonchev–Trinajstić information content (AvgIpc) is 3.27. The van der Waals surface area contributed by atoms with Crippen molar-refractivity contribution in [1.29, 1.82) is 0 Å². The lowest BCUT2D eigenvalue weighted by molar-refractivity contribution is -0.139. The van der Waals surface area contributed by atoms with Gasteiger partial charge in [-0.05, 0) is 24.3 Å². The number of methoxy groups -OCH3 is 1. The molecule has 2 aromatic rings. The first kappa shape index (κ1) is 16.3. The fourth-order valence-corrected chi connectivity index (χ4v) is 3.03. The van der Waals surface area contributed by atoms with E-state index in [0.29, 0.717) is 28.7 Å². The molecule has 134 valence electrons. The SMILES string of the molecule is COc1cccc(N2CC(C(=O)Oc3ccc4c(c3)OCO4)CC2=O)c1. The number of fused-ring (bicyclic) bond motifs is 1. The van der Waals surface area contributed by atoms with Crippen molar-refractivity contribution in [3.8, 4) is 23.0 Å². The van der Waals surface area contributed by atoms with Gasteiger partial charge in [-0.3, -0.25) is 9.59 Å². The molecule has 4 rings (SSSR count). The highest BCUT2D eigenvalue weighted by molar-refractivity contribution is 5.99. The quantitative estimate of drug-likeness (QED) is 0.619. The molecule has 1 atom stereocenters.